The Morgan fingerprint density at radius 3 is 2.35 bits per heavy atom. The Bertz CT molecular complexity index is 452. The van der Waals surface area contributed by atoms with Crippen molar-refractivity contribution >= 4 is 11.8 Å². The van der Waals surface area contributed by atoms with Crippen molar-refractivity contribution in [2.24, 2.45) is 0 Å². The van der Waals surface area contributed by atoms with Gasteiger partial charge in [0.05, 0.1) is 0 Å². The van der Waals surface area contributed by atoms with Crippen LogP contribution in [-0.4, -0.2) is 25.0 Å². The summed E-state index contributed by atoms with van der Waals surface area (Å²) in [4.78, 5) is 3.64. The molecule has 118 valence electrons. The maximum Gasteiger partial charge on any atom is 0.0481 e. The molecule has 3 rings (SSSR count). The first-order valence-electron chi connectivity index (χ1n) is 8.09. The molecule has 10 radical (unpaired) electrons. The molecular formula is C21H23NS. The predicted octanol–water partition coefficient (Wildman–Crippen LogP) is 4.63. The van der Waals surface area contributed by atoms with Crippen molar-refractivity contribution in [3.63, 3.8) is 0 Å². The van der Waals surface area contributed by atoms with E-state index in [0.29, 0.717) is 6.04 Å². The summed E-state index contributed by atoms with van der Waals surface area (Å²) in [5.74, 6) is 2.87. The highest BCUT2D eigenvalue weighted by Gasteiger charge is 2.37. The van der Waals surface area contributed by atoms with E-state index in [9.17, 15) is 0 Å². The summed E-state index contributed by atoms with van der Waals surface area (Å²) < 4.78 is 0. The summed E-state index contributed by atoms with van der Waals surface area (Å²) in [6, 6.07) is 11.1. The normalized spacial score (nSPS) is 22.2. The molecule has 0 saturated heterocycles. The molecule has 0 spiro atoms. The van der Waals surface area contributed by atoms with Crippen LogP contribution in [0.4, 0.5) is 0 Å². The second kappa shape index (κ2) is 8.58. The zero-order chi connectivity index (χ0) is 16.1. The molecule has 2 saturated carbocycles. The Morgan fingerprint density at radius 1 is 0.913 bits per heavy atom. The van der Waals surface area contributed by atoms with Crippen molar-refractivity contribution in [3.8, 4) is 0 Å². The van der Waals surface area contributed by atoms with Gasteiger partial charge < -0.3 is 4.90 Å². The standard InChI is InChI=1S/C21H23NS/c1-22(2)20(16-15-17-9-6-7-10-17)19-13-8-14-21(19)23-18-11-4-3-5-12-18/h3-14,20H,15-16H2,1-2H3/t20-/m1/s1. The fourth-order valence-corrected chi connectivity index (χ4v) is 3.99. The van der Waals surface area contributed by atoms with Gasteiger partial charge in [0.2, 0.25) is 0 Å². The number of nitrogens with zero attached hydrogens (tertiary/aromatic N) is 1. The zero-order valence-corrected chi connectivity index (χ0v) is 14.6. The average Bonchev–Trinajstić information content (AvgIpc) is 3.21. The molecule has 1 atom stereocenters. The van der Waals surface area contributed by atoms with Crippen molar-refractivity contribution in [1.29, 1.82) is 0 Å². The van der Waals surface area contributed by atoms with Crippen LogP contribution in [0.25, 0.3) is 0 Å². The lowest BCUT2D eigenvalue weighted by atomic mass is 9.89. The third-order valence-corrected chi connectivity index (χ3v) is 5.30. The van der Waals surface area contributed by atoms with Gasteiger partial charge in [-0.2, -0.15) is 0 Å². The smallest absolute Gasteiger partial charge is 0.0481 e. The molecule has 1 aromatic rings. The largest absolute Gasteiger partial charge is 0.306 e. The lowest BCUT2D eigenvalue weighted by Gasteiger charge is -2.33. The van der Waals surface area contributed by atoms with E-state index in [2.05, 4.69) is 94.3 Å². The number of benzene rings is 1. The Labute approximate surface area is 147 Å². The van der Waals surface area contributed by atoms with Crippen LogP contribution in [0.2, 0.25) is 0 Å². The Hall–Kier alpha value is -0.470. The van der Waals surface area contributed by atoms with Crippen LogP contribution in [0.1, 0.15) is 12.8 Å². The van der Waals surface area contributed by atoms with Crippen LogP contribution < -0.4 is 0 Å². The number of hydrogen-bond donors (Lipinski definition) is 0. The minimum Gasteiger partial charge on any atom is -0.306 e. The lowest BCUT2D eigenvalue weighted by Crippen LogP contribution is -2.35. The number of hydrogen-bond acceptors (Lipinski definition) is 2. The second-order valence-corrected chi connectivity index (χ2v) is 7.19. The van der Waals surface area contributed by atoms with Crippen molar-refractivity contribution in [3.05, 3.63) is 92.4 Å². The van der Waals surface area contributed by atoms with Crippen LogP contribution in [0.3, 0.4) is 0 Å². The molecule has 1 aromatic carbocycles. The highest BCUT2D eigenvalue weighted by molar-refractivity contribution is 8.02. The monoisotopic (exact) mass is 321 g/mol. The summed E-state index contributed by atoms with van der Waals surface area (Å²) in [5, 5.41) is 1.37. The van der Waals surface area contributed by atoms with Gasteiger partial charge in [-0.05, 0) is 89.9 Å². The van der Waals surface area contributed by atoms with E-state index in [4.69, 9.17) is 0 Å². The summed E-state index contributed by atoms with van der Waals surface area (Å²) in [6.07, 6.45) is 17.7. The first-order valence-corrected chi connectivity index (χ1v) is 8.91. The van der Waals surface area contributed by atoms with Crippen LogP contribution in [-0.2, 0) is 0 Å². The molecule has 2 aliphatic carbocycles. The molecule has 0 amide bonds. The van der Waals surface area contributed by atoms with E-state index in [1.54, 1.807) is 0 Å². The average molecular weight is 321 g/mol. The Morgan fingerprint density at radius 2 is 1.65 bits per heavy atom. The molecule has 2 fully saturated rings. The minimum atomic E-state index is 0.450. The van der Waals surface area contributed by atoms with Crippen molar-refractivity contribution in [2.45, 2.75) is 23.8 Å². The molecule has 1 nitrogen and oxygen atoms in total. The predicted molar refractivity (Wildman–Crippen MR) is 98.8 cm³/mol. The molecule has 23 heavy (non-hydrogen) atoms. The Kier molecular flexibility index (Phi) is 6.47. The second-order valence-electron chi connectivity index (χ2n) is 6.07. The van der Waals surface area contributed by atoms with E-state index >= 15 is 0 Å². The van der Waals surface area contributed by atoms with Gasteiger partial charge in [0.15, 0.2) is 0 Å². The summed E-state index contributed by atoms with van der Waals surface area (Å²) in [6.45, 7) is 0. The lowest BCUT2D eigenvalue weighted by molar-refractivity contribution is 0.296. The van der Waals surface area contributed by atoms with Gasteiger partial charge in [-0.1, -0.05) is 18.2 Å². The van der Waals surface area contributed by atoms with Crippen molar-refractivity contribution in [2.75, 3.05) is 14.1 Å². The molecule has 0 unspecified atom stereocenters. The number of thioether (sulfide) groups is 1. The van der Waals surface area contributed by atoms with Crippen LogP contribution >= 0.6 is 11.8 Å². The molecule has 2 heteroatoms. The third-order valence-electron chi connectivity index (χ3n) is 4.20. The molecule has 0 aromatic heterocycles. The van der Waals surface area contributed by atoms with Crippen LogP contribution in [0.15, 0.2) is 35.2 Å². The zero-order valence-electron chi connectivity index (χ0n) is 13.8. The quantitative estimate of drug-likeness (QED) is 0.720. The topological polar surface area (TPSA) is 3.24 Å². The number of rotatable bonds is 7. The van der Waals surface area contributed by atoms with Gasteiger partial charge in [0, 0.05) is 22.1 Å². The van der Waals surface area contributed by atoms with E-state index in [1.165, 1.54) is 22.0 Å². The minimum absolute atomic E-state index is 0.450. The molecule has 0 bridgehead atoms. The van der Waals surface area contributed by atoms with E-state index in [0.717, 1.165) is 12.8 Å². The summed E-state index contributed by atoms with van der Waals surface area (Å²) in [7, 11) is 4.36. The maximum atomic E-state index is 2.34. The van der Waals surface area contributed by atoms with E-state index in [-0.39, 0.29) is 0 Å². The summed E-state index contributed by atoms with van der Waals surface area (Å²) in [5.41, 5.74) is 0. The van der Waals surface area contributed by atoms with Gasteiger partial charge in [-0.3, -0.25) is 0 Å². The van der Waals surface area contributed by atoms with E-state index in [1.807, 2.05) is 11.8 Å². The van der Waals surface area contributed by atoms with Gasteiger partial charge in [0.1, 0.15) is 0 Å². The molecule has 2 aliphatic rings. The van der Waals surface area contributed by atoms with Crippen molar-refractivity contribution in [1.82, 2.24) is 4.90 Å². The van der Waals surface area contributed by atoms with Gasteiger partial charge in [0.25, 0.3) is 0 Å². The van der Waals surface area contributed by atoms with Gasteiger partial charge in [-0.25, -0.2) is 0 Å². The Balaban J connectivity index is 1.60. The first kappa shape index (κ1) is 17.4. The van der Waals surface area contributed by atoms with Crippen LogP contribution in [0, 0.1) is 62.0 Å². The molecule has 0 N–H and O–H groups in total. The first-order chi connectivity index (χ1) is 11.2. The highest BCUT2D eigenvalue weighted by atomic mass is 32.2. The third kappa shape index (κ3) is 4.76. The highest BCUT2D eigenvalue weighted by Crippen LogP contribution is 2.48. The fourth-order valence-electron chi connectivity index (χ4n) is 2.98. The van der Waals surface area contributed by atoms with Crippen molar-refractivity contribution < 1.29 is 0 Å². The molecular weight excluding hydrogens is 298 g/mol. The fraction of sp³-hybridized carbons (Fsp3) is 0.238. The van der Waals surface area contributed by atoms with Gasteiger partial charge in [-0.15, -0.1) is 11.8 Å². The molecule has 0 heterocycles. The van der Waals surface area contributed by atoms with Gasteiger partial charge >= 0.3 is 0 Å². The van der Waals surface area contributed by atoms with E-state index < -0.39 is 0 Å². The molecule has 0 aliphatic heterocycles. The SMILES string of the molecule is CN(C)[C@H](CC[C]1[CH][CH][CH][CH]1)[C]1[CH][CH][CH][C]1Sc1ccccc1. The maximum absolute atomic E-state index is 2.34. The summed E-state index contributed by atoms with van der Waals surface area (Å²) >= 11 is 1.86. The van der Waals surface area contributed by atoms with Crippen LogP contribution in [0.5, 0.6) is 0 Å².